The normalized spacial score (nSPS) is 11.8. The molecular weight excluding hydrogens is 454 g/mol. The van der Waals surface area contributed by atoms with Crippen LogP contribution in [0.15, 0.2) is 76.1 Å². The van der Waals surface area contributed by atoms with E-state index in [1.165, 1.54) is 30.5 Å². The van der Waals surface area contributed by atoms with E-state index in [1.54, 1.807) is 36.4 Å². The number of benzene rings is 3. The van der Waals surface area contributed by atoms with Crippen molar-refractivity contribution in [1.82, 2.24) is 0 Å². The van der Waals surface area contributed by atoms with Crippen LogP contribution < -0.4 is 15.9 Å². The molecule has 0 bridgehead atoms. The number of primary amides is 1. The molecule has 1 atom stereocenters. The number of phenols is 2. The van der Waals surface area contributed by atoms with Gasteiger partial charge in [0.2, 0.25) is 5.43 Å². The summed E-state index contributed by atoms with van der Waals surface area (Å²) in [6, 6.07) is 15.1. The zero-order valence-corrected chi connectivity index (χ0v) is 18.3. The minimum atomic E-state index is -1.12. The third-order valence-corrected chi connectivity index (χ3v) is 5.53. The van der Waals surface area contributed by atoms with Gasteiger partial charge in [0.1, 0.15) is 29.1 Å². The summed E-state index contributed by atoms with van der Waals surface area (Å²) in [4.78, 5) is 35.9. The van der Waals surface area contributed by atoms with Crippen LogP contribution in [-0.2, 0) is 9.59 Å². The molecule has 0 saturated heterocycles. The molecule has 0 aliphatic carbocycles. The van der Waals surface area contributed by atoms with Gasteiger partial charge in [-0.3, -0.25) is 14.4 Å². The van der Waals surface area contributed by atoms with Crippen LogP contribution in [0.5, 0.6) is 17.2 Å². The second-order valence-corrected chi connectivity index (χ2v) is 7.87. The number of aliphatic carboxylic acids is 1. The van der Waals surface area contributed by atoms with Crippen molar-refractivity contribution in [1.29, 1.82) is 0 Å². The number of hydrogen-bond donors (Lipinski definition) is 4. The van der Waals surface area contributed by atoms with E-state index >= 15 is 0 Å². The SMILES string of the molecule is NC(=O)COc1ccc([C@@H](CC(=O)O)c2c(O)ccc3c(=O)c(-c4ccc(O)cc4)coc23)cc1. The third kappa shape index (κ3) is 4.93. The number of hydrogen-bond acceptors (Lipinski definition) is 7. The molecular formula is C26H21NO8. The van der Waals surface area contributed by atoms with Gasteiger partial charge in [0.05, 0.1) is 17.4 Å². The molecule has 1 amide bonds. The Balaban J connectivity index is 1.83. The topological polar surface area (TPSA) is 160 Å². The van der Waals surface area contributed by atoms with Crippen LogP contribution in [0.4, 0.5) is 0 Å². The van der Waals surface area contributed by atoms with Gasteiger partial charge in [0.25, 0.3) is 5.91 Å². The minimum absolute atomic E-state index is 0.0497. The van der Waals surface area contributed by atoms with Crippen LogP contribution in [-0.4, -0.2) is 33.8 Å². The van der Waals surface area contributed by atoms with Crippen molar-refractivity contribution in [2.24, 2.45) is 5.73 Å². The first kappa shape index (κ1) is 23.4. The average molecular weight is 475 g/mol. The lowest BCUT2D eigenvalue weighted by molar-refractivity contribution is -0.137. The van der Waals surface area contributed by atoms with E-state index in [4.69, 9.17) is 14.9 Å². The molecule has 9 nitrogen and oxygen atoms in total. The first-order valence-electron chi connectivity index (χ1n) is 10.5. The van der Waals surface area contributed by atoms with E-state index < -0.39 is 24.2 Å². The number of carboxylic acids is 1. The maximum absolute atomic E-state index is 13.3. The lowest BCUT2D eigenvalue weighted by atomic mass is 9.86. The Morgan fingerprint density at radius 3 is 2.29 bits per heavy atom. The molecule has 0 aliphatic rings. The molecule has 4 rings (SSSR count). The van der Waals surface area contributed by atoms with Crippen molar-refractivity contribution >= 4 is 22.8 Å². The third-order valence-electron chi connectivity index (χ3n) is 5.53. The molecule has 0 aliphatic heterocycles. The number of carbonyl (C=O) groups excluding carboxylic acids is 1. The molecule has 35 heavy (non-hydrogen) atoms. The standard InChI is InChI=1S/C26H21NO8/c27-22(30)13-34-17-7-3-14(4-8-17)19(11-23(31)32)24-21(29)10-9-18-25(33)20(12-35-26(18)24)15-1-5-16(28)6-2-15/h1-10,12,19,28-29H,11,13H2,(H2,27,30)(H,31,32)/t19-/m1/s1. The summed E-state index contributed by atoms with van der Waals surface area (Å²) in [7, 11) is 0. The van der Waals surface area contributed by atoms with E-state index in [0.717, 1.165) is 0 Å². The van der Waals surface area contributed by atoms with Crippen molar-refractivity contribution < 1.29 is 34.1 Å². The maximum Gasteiger partial charge on any atom is 0.304 e. The number of carbonyl (C=O) groups is 2. The number of carboxylic acid groups (broad SMARTS) is 1. The molecule has 5 N–H and O–H groups in total. The van der Waals surface area contributed by atoms with Crippen LogP contribution in [0.1, 0.15) is 23.5 Å². The summed E-state index contributed by atoms with van der Waals surface area (Å²) >= 11 is 0. The van der Waals surface area contributed by atoms with Gasteiger partial charge < -0.3 is 30.2 Å². The van der Waals surface area contributed by atoms with Crippen molar-refractivity contribution in [3.8, 4) is 28.4 Å². The molecule has 0 saturated carbocycles. The lowest BCUT2D eigenvalue weighted by Gasteiger charge is -2.19. The van der Waals surface area contributed by atoms with Gasteiger partial charge in [-0.2, -0.15) is 0 Å². The van der Waals surface area contributed by atoms with Crippen molar-refractivity contribution in [3.63, 3.8) is 0 Å². The monoisotopic (exact) mass is 475 g/mol. The van der Waals surface area contributed by atoms with Gasteiger partial charge in [-0.05, 0) is 47.5 Å². The first-order valence-corrected chi connectivity index (χ1v) is 10.5. The Morgan fingerprint density at radius 1 is 0.971 bits per heavy atom. The fourth-order valence-corrected chi connectivity index (χ4v) is 3.90. The second-order valence-electron chi connectivity index (χ2n) is 7.87. The Bertz CT molecular complexity index is 1460. The van der Waals surface area contributed by atoms with Gasteiger partial charge in [-0.25, -0.2) is 0 Å². The molecule has 4 aromatic rings. The van der Waals surface area contributed by atoms with Gasteiger partial charge >= 0.3 is 5.97 Å². The van der Waals surface area contributed by atoms with Crippen LogP contribution >= 0.6 is 0 Å². The number of rotatable bonds is 8. The van der Waals surface area contributed by atoms with Gasteiger partial charge in [0.15, 0.2) is 6.61 Å². The highest BCUT2D eigenvalue weighted by Gasteiger charge is 2.26. The van der Waals surface area contributed by atoms with Crippen LogP contribution in [0.3, 0.4) is 0 Å². The molecule has 0 spiro atoms. The zero-order valence-electron chi connectivity index (χ0n) is 18.3. The average Bonchev–Trinajstić information content (AvgIpc) is 2.83. The van der Waals surface area contributed by atoms with E-state index in [9.17, 15) is 29.7 Å². The Morgan fingerprint density at radius 2 is 1.66 bits per heavy atom. The van der Waals surface area contributed by atoms with Gasteiger partial charge in [-0.15, -0.1) is 0 Å². The van der Waals surface area contributed by atoms with Crippen LogP contribution in [0.2, 0.25) is 0 Å². The van der Waals surface area contributed by atoms with Crippen molar-refractivity contribution in [3.05, 3.63) is 88.3 Å². The maximum atomic E-state index is 13.3. The van der Waals surface area contributed by atoms with Crippen LogP contribution in [0.25, 0.3) is 22.1 Å². The molecule has 0 unspecified atom stereocenters. The summed E-state index contributed by atoms with van der Waals surface area (Å²) < 4.78 is 11.0. The van der Waals surface area contributed by atoms with E-state index in [-0.39, 0.29) is 45.6 Å². The molecule has 0 radical (unpaired) electrons. The number of aromatic hydroxyl groups is 2. The number of phenolic OH excluding ortho intramolecular Hbond substituents is 2. The quantitative estimate of drug-likeness (QED) is 0.302. The zero-order chi connectivity index (χ0) is 25.1. The summed E-state index contributed by atoms with van der Waals surface area (Å²) in [6.45, 7) is -0.309. The van der Waals surface area contributed by atoms with Gasteiger partial charge in [-0.1, -0.05) is 24.3 Å². The fourth-order valence-electron chi connectivity index (χ4n) is 3.90. The Kier molecular flexibility index (Phi) is 6.41. The van der Waals surface area contributed by atoms with Crippen LogP contribution in [0, 0.1) is 0 Å². The smallest absolute Gasteiger partial charge is 0.304 e. The largest absolute Gasteiger partial charge is 0.508 e. The van der Waals surface area contributed by atoms with Gasteiger partial charge in [0, 0.05) is 11.5 Å². The molecule has 3 aromatic carbocycles. The highest BCUT2D eigenvalue weighted by Crippen LogP contribution is 2.39. The molecule has 178 valence electrons. The van der Waals surface area contributed by atoms with E-state index in [0.29, 0.717) is 16.9 Å². The summed E-state index contributed by atoms with van der Waals surface area (Å²) in [6.07, 6.45) is 0.857. The molecule has 1 aromatic heterocycles. The fraction of sp³-hybridized carbons (Fsp3) is 0.115. The Hall–Kier alpha value is -4.79. The lowest BCUT2D eigenvalue weighted by Crippen LogP contribution is -2.20. The van der Waals surface area contributed by atoms with Crippen molar-refractivity contribution in [2.75, 3.05) is 6.61 Å². The first-order chi connectivity index (χ1) is 16.7. The highest BCUT2D eigenvalue weighted by molar-refractivity contribution is 5.87. The molecule has 0 fully saturated rings. The Labute approximate surface area is 198 Å². The summed E-state index contributed by atoms with van der Waals surface area (Å²) in [5.74, 6) is -2.44. The minimum Gasteiger partial charge on any atom is -0.508 e. The highest BCUT2D eigenvalue weighted by atomic mass is 16.5. The van der Waals surface area contributed by atoms with E-state index in [2.05, 4.69) is 0 Å². The number of fused-ring (bicyclic) bond motifs is 1. The number of ether oxygens (including phenoxy) is 1. The summed E-state index contributed by atoms with van der Waals surface area (Å²) in [5, 5.41) is 30.0. The second kappa shape index (κ2) is 9.60. The predicted octanol–water partition coefficient (Wildman–Crippen LogP) is 3.34. The number of nitrogens with two attached hydrogens (primary N) is 1. The molecule has 9 heteroatoms. The predicted molar refractivity (Wildman–Crippen MR) is 126 cm³/mol. The molecule has 1 heterocycles. The number of amides is 1. The van der Waals surface area contributed by atoms with E-state index in [1.807, 2.05) is 0 Å². The van der Waals surface area contributed by atoms with Crippen molar-refractivity contribution in [2.45, 2.75) is 12.3 Å². The summed E-state index contributed by atoms with van der Waals surface area (Å²) in [5.41, 5.74) is 6.23.